The molecule has 0 aliphatic carbocycles. The number of nitrogens with one attached hydrogen (secondary N) is 1. The standard InChI is InChI=1S/C26H31ClN2O3/c1-25(2,3)22-16-28-14-13-26(22,19-9-11-20(27)12-10-19)15-23(30)29-21(17-32-24(29)31)18-7-5-4-6-8-18/h4-12,21-22,28H,13-17H2,1-3H3. The summed E-state index contributed by atoms with van der Waals surface area (Å²) in [5.41, 5.74) is 1.55. The van der Waals surface area contributed by atoms with Crippen LogP contribution in [-0.2, 0) is 14.9 Å². The molecule has 5 nitrogen and oxygen atoms in total. The predicted molar refractivity (Wildman–Crippen MR) is 126 cm³/mol. The number of hydrogen-bond donors (Lipinski definition) is 1. The summed E-state index contributed by atoms with van der Waals surface area (Å²) in [4.78, 5) is 27.8. The molecule has 2 amide bonds. The van der Waals surface area contributed by atoms with Crippen LogP contribution in [0, 0.1) is 11.3 Å². The Morgan fingerprint density at radius 2 is 1.84 bits per heavy atom. The fourth-order valence-corrected chi connectivity index (χ4v) is 5.60. The van der Waals surface area contributed by atoms with Crippen molar-refractivity contribution < 1.29 is 14.3 Å². The lowest BCUT2D eigenvalue weighted by atomic mass is 9.56. The number of ether oxygens (including phenoxy) is 1. The Balaban J connectivity index is 1.73. The first-order chi connectivity index (χ1) is 15.2. The highest BCUT2D eigenvalue weighted by Crippen LogP contribution is 2.49. The van der Waals surface area contributed by atoms with Crippen LogP contribution in [0.3, 0.4) is 0 Å². The second-order valence-corrected chi connectivity index (χ2v) is 10.4. The van der Waals surface area contributed by atoms with E-state index < -0.39 is 17.6 Å². The smallest absolute Gasteiger partial charge is 0.417 e. The normalized spacial score (nSPS) is 26.1. The van der Waals surface area contributed by atoms with Gasteiger partial charge in [-0.2, -0.15) is 0 Å². The van der Waals surface area contributed by atoms with Gasteiger partial charge in [0, 0.05) is 16.9 Å². The Labute approximate surface area is 195 Å². The molecule has 2 aromatic carbocycles. The number of rotatable bonds is 4. The van der Waals surface area contributed by atoms with E-state index in [1.165, 1.54) is 4.90 Å². The van der Waals surface area contributed by atoms with Crippen molar-refractivity contribution in [2.45, 2.75) is 45.1 Å². The van der Waals surface area contributed by atoms with Crippen LogP contribution in [-0.4, -0.2) is 36.6 Å². The van der Waals surface area contributed by atoms with Crippen molar-refractivity contribution in [3.05, 3.63) is 70.7 Å². The summed E-state index contributed by atoms with van der Waals surface area (Å²) in [7, 11) is 0. The molecule has 0 radical (unpaired) electrons. The van der Waals surface area contributed by atoms with Crippen molar-refractivity contribution in [1.82, 2.24) is 10.2 Å². The summed E-state index contributed by atoms with van der Waals surface area (Å²) < 4.78 is 5.33. The molecule has 2 aliphatic heterocycles. The van der Waals surface area contributed by atoms with Gasteiger partial charge in [0.25, 0.3) is 0 Å². The zero-order valence-electron chi connectivity index (χ0n) is 18.9. The Bertz CT molecular complexity index is 971. The van der Waals surface area contributed by atoms with Gasteiger partial charge in [0.1, 0.15) is 12.6 Å². The van der Waals surface area contributed by atoms with Crippen LogP contribution in [0.2, 0.25) is 5.02 Å². The fraction of sp³-hybridized carbons (Fsp3) is 0.462. The third kappa shape index (κ3) is 4.28. The average Bonchev–Trinajstić information content (AvgIpc) is 3.16. The number of imide groups is 1. The predicted octanol–water partition coefficient (Wildman–Crippen LogP) is 5.34. The van der Waals surface area contributed by atoms with Crippen molar-refractivity contribution in [1.29, 1.82) is 0 Å². The van der Waals surface area contributed by atoms with Gasteiger partial charge >= 0.3 is 6.09 Å². The molecule has 6 heteroatoms. The van der Waals surface area contributed by atoms with Crippen molar-refractivity contribution in [3.8, 4) is 0 Å². The SMILES string of the molecule is CC(C)(C)C1CNCCC1(CC(=O)N1C(=O)OCC1c1ccccc1)c1ccc(Cl)cc1. The molecule has 2 aliphatic rings. The number of carbonyl (C=O) groups is 2. The second kappa shape index (κ2) is 8.87. The molecule has 0 saturated carbocycles. The monoisotopic (exact) mass is 454 g/mol. The van der Waals surface area contributed by atoms with Crippen LogP contribution in [0.15, 0.2) is 54.6 Å². The number of benzene rings is 2. The maximum absolute atomic E-state index is 13.8. The highest BCUT2D eigenvalue weighted by molar-refractivity contribution is 6.30. The number of nitrogens with zero attached hydrogens (tertiary/aromatic N) is 1. The van der Waals surface area contributed by atoms with Gasteiger partial charge in [0.05, 0.1) is 0 Å². The highest BCUT2D eigenvalue weighted by Gasteiger charge is 2.50. The first-order valence-corrected chi connectivity index (χ1v) is 11.6. The van der Waals surface area contributed by atoms with Gasteiger partial charge in [-0.05, 0) is 54.1 Å². The molecule has 2 saturated heterocycles. The van der Waals surface area contributed by atoms with Crippen LogP contribution >= 0.6 is 11.6 Å². The number of hydrogen-bond acceptors (Lipinski definition) is 4. The van der Waals surface area contributed by atoms with Crippen LogP contribution in [0.5, 0.6) is 0 Å². The molecule has 1 N–H and O–H groups in total. The Kier molecular flexibility index (Phi) is 6.33. The van der Waals surface area contributed by atoms with E-state index in [1.807, 2.05) is 54.6 Å². The third-order valence-corrected chi connectivity index (χ3v) is 7.27. The molecule has 2 aromatic rings. The zero-order chi connectivity index (χ0) is 22.9. The summed E-state index contributed by atoms with van der Waals surface area (Å²) in [6.07, 6.45) is 0.495. The van der Waals surface area contributed by atoms with Crippen LogP contribution in [0.1, 0.15) is 50.8 Å². The lowest BCUT2D eigenvalue weighted by Gasteiger charge is -2.51. The lowest BCUT2D eigenvalue weighted by molar-refractivity contribution is -0.132. The van der Waals surface area contributed by atoms with Crippen LogP contribution in [0.4, 0.5) is 4.79 Å². The molecular formula is C26H31ClN2O3. The average molecular weight is 455 g/mol. The Hall–Kier alpha value is -2.37. The molecule has 3 atom stereocenters. The quantitative estimate of drug-likeness (QED) is 0.677. The van der Waals surface area contributed by atoms with Gasteiger partial charge in [-0.25, -0.2) is 9.69 Å². The van der Waals surface area contributed by atoms with E-state index in [2.05, 4.69) is 26.1 Å². The number of cyclic esters (lactones) is 1. The molecular weight excluding hydrogens is 424 g/mol. The lowest BCUT2D eigenvalue weighted by Crippen LogP contribution is -2.55. The fourth-order valence-electron chi connectivity index (χ4n) is 5.48. The topological polar surface area (TPSA) is 58.6 Å². The molecule has 4 rings (SSSR count). The van der Waals surface area contributed by atoms with Gasteiger partial charge in [0.2, 0.25) is 5.91 Å². The summed E-state index contributed by atoms with van der Waals surface area (Å²) in [6.45, 7) is 8.47. The van der Waals surface area contributed by atoms with Crippen molar-refractivity contribution in [2.75, 3.05) is 19.7 Å². The summed E-state index contributed by atoms with van der Waals surface area (Å²) >= 11 is 6.19. The summed E-state index contributed by atoms with van der Waals surface area (Å²) in [5.74, 6) is 0.00938. The molecule has 0 aromatic heterocycles. The van der Waals surface area contributed by atoms with Gasteiger partial charge in [-0.15, -0.1) is 0 Å². The first-order valence-electron chi connectivity index (χ1n) is 11.2. The molecule has 2 fully saturated rings. The number of amides is 2. The maximum Gasteiger partial charge on any atom is 0.417 e. The number of carbonyl (C=O) groups excluding carboxylic acids is 2. The highest BCUT2D eigenvalue weighted by atomic mass is 35.5. The van der Waals surface area contributed by atoms with Gasteiger partial charge in [-0.1, -0.05) is 74.8 Å². The van der Waals surface area contributed by atoms with E-state index in [1.54, 1.807) is 0 Å². The zero-order valence-corrected chi connectivity index (χ0v) is 19.7. The van der Waals surface area contributed by atoms with E-state index in [0.29, 0.717) is 5.02 Å². The van der Waals surface area contributed by atoms with Crippen molar-refractivity contribution in [2.24, 2.45) is 11.3 Å². The third-order valence-electron chi connectivity index (χ3n) is 7.02. The molecule has 0 spiro atoms. The Morgan fingerprint density at radius 3 is 2.50 bits per heavy atom. The minimum atomic E-state index is -0.559. The Morgan fingerprint density at radius 1 is 1.16 bits per heavy atom. The minimum absolute atomic E-state index is 0.0440. The molecule has 170 valence electrons. The largest absolute Gasteiger partial charge is 0.446 e. The van der Waals surface area contributed by atoms with E-state index in [-0.39, 0.29) is 30.3 Å². The van der Waals surface area contributed by atoms with E-state index in [4.69, 9.17) is 16.3 Å². The van der Waals surface area contributed by atoms with E-state index in [0.717, 1.165) is 30.6 Å². The van der Waals surface area contributed by atoms with Crippen LogP contribution in [0.25, 0.3) is 0 Å². The van der Waals surface area contributed by atoms with E-state index in [9.17, 15) is 9.59 Å². The van der Waals surface area contributed by atoms with Gasteiger partial charge in [0.15, 0.2) is 0 Å². The number of piperidine rings is 1. The molecule has 32 heavy (non-hydrogen) atoms. The summed E-state index contributed by atoms with van der Waals surface area (Å²) in [6, 6.07) is 17.1. The molecule has 2 heterocycles. The van der Waals surface area contributed by atoms with Gasteiger partial charge in [-0.3, -0.25) is 4.79 Å². The van der Waals surface area contributed by atoms with Gasteiger partial charge < -0.3 is 10.1 Å². The molecule has 0 bridgehead atoms. The van der Waals surface area contributed by atoms with Crippen LogP contribution < -0.4 is 5.32 Å². The number of halogens is 1. The molecule has 3 unspecified atom stereocenters. The van der Waals surface area contributed by atoms with Crippen molar-refractivity contribution >= 4 is 23.6 Å². The van der Waals surface area contributed by atoms with E-state index >= 15 is 0 Å². The van der Waals surface area contributed by atoms with Crippen molar-refractivity contribution in [3.63, 3.8) is 0 Å². The second-order valence-electron chi connectivity index (χ2n) is 9.98. The minimum Gasteiger partial charge on any atom is -0.446 e. The maximum atomic E-state index is 13.8. The first kappa shape index (κ1) is 22.8. The summed E-state index contributed by atoms with van der Waals surface area (Å²) in [5, 5.41) is 4.19.